The summed E-state index contributed by atoms with van der Waals surface area (Å²) in [5.41, 5.74) is 2.62. The van der Waals surface area contributed by atoms with Gasteiger partial charge in [-0.1, -0.05) is 0 Å². The van der Waals surface area contributed by atoms with Crippen LogP contribution in [0.15, 0.2) is 24.9 Å². The number of hydrogen-bond acceptors (Lipinski definition) is 6. The summed E-state index contributed by atoms with van der Waals surface area (Å²) >= 11 is 0. The highest BCUT2D eigenvalue weighted by molar-refractivity contribution is 5.50. The van der Waals surface area contributed by atoms with Crippen LogP contribution in [0.5, 0.6) is 5.88 Å². The van der Waals surface area contributed by atoms with Gasteiger partial charge in [0.05, 0.1) is 12.8 Å². The summed E-state index contributed by atoms with van der Waals surface area (Å²) in [7, 11) is 0. The first kappa shape index (κ1) is 14.4. The molecule has 0 saturated carbocycles. The van der Waals surface area contributed by atoms with Gasteiger partial charge in [0.25, 0.3) is 0 Å². The van der Waals surface area contributed by atoms with Gasteiger partial charge in [-0.2, -0.15) is 0 Å². The summed E-state index contributed by atoms with van der Waals surface area (Å²) in [4.78, 5) is 19.6. The number of hydrogen-bond donors (Lipinski definition) is 0. The first-order valence-corrected chi connectivity index (χ1v) is 8.36. The number of fused-ring (bicyclic) bond motifs is 1. The minimum absolute atomic E-state index is 0.506. The molecule has 6 heteroatoms. The lowest BCUT2D eigenvalue weighted by atomic mass is 9.96. The van der Waals surface area contributed by atoms with Crippen molar-refractivity contribution in [3.05, 3.63) is 36.2 Å². The predicted octanol–water partition coefficient (Wildman–Crippen LogP) is 2.05. The minimum atomic E-state index is 0.506. The van der Waals surface area contributed by atoms with Gasteiger partial charge >= 0.3 is 0 Å². The molecule has 2 aromatic heterocycles. The maximum Gasteiger partial charge on any atom is 0.232 e. The monoisotopic (exact) mass is 311 g/mol. The van der Waals surface area contributed by atoms with Gasteiger partial charge in [0, 0.05) is 42.7 Å². The van der Waals surface area contributed by atoms with E-state index in [0.29, 0.717) is 18.4 Å². The molecule has 1 aliphatic heterocycles. The second kappa shape index (κ2) is 6.48. The fourth-order valence-electron chi connectivity index (χ4n) is 3.50. The van der Waals surface area contributed by atoms with Crippen molar-refractivity contribution in [1.82, 2.24) is 19.9 Å². The van der Waals surface area contributed by atoms with Gasteiger partial charge < -0.3 is 9.64 Å². The van der Waals surface area contributed by atoms with Crippen LogP contribution in [-0.4, -0.2) is 39.6 Å². The molecule has 0 radical (unpaired) electrons. The number of aromatic nitrogens is 4. The summed E-state index contributed by atoms with van der Waals surface area (Å²) in [5.74, 6) is 2.26. The van der Waals surface area contributed by atoms with Gasteiger partial charge in [-0.15, -0.1) is 0 Å². The van der Waals surface area contributed by atoms with Crippen LogP contribution in [0.2, 0.25) is 0 Å². The summed E-state index contributed by atoms with van der Waals surface area (Å²) in [6.07, 6.45) is 12.5. The molecule has 1 unspecified atom stereocenters. The Morgan fingerprint density at radius 3 is 3.00 bits per heavy atom. The van der Waals surface area contributed by atoms with E-state index < -0.39 is 0 Å². The smallest absolute Gasteiger partial charge is 0.232 e. The van der Waals surface area contributed by atoms with Crippen LogP contribution < -0.4 is 9.64 Å². The molecule has 1 atom stereocenters. The molecule has 1 aliphatic carbocycles. The average Bonchev–Trinajstić information content (AvgIpc) is 3.09. The summed E-state index contributed by atoms with van der Waals surface area (Å²) < 4.78 is 5.75. The third kappa shape index (κ3) is 3.11. The van der Waals surface area contributed by atoms with Crippen molar-refractivity contribution in [2.24, 2.45) is 5.92 Å². The second-order valence-corrected chi connectivity index (χ2v) is 6.29. The van der Waals surface area contributed by atoms with E-state index >= 15 is 0 Å². The Balaban J connectivity index is 1.41. The van der Waals surface area contributed by atoms with Gasteiger partial charge in [0.1, 0.15) is 12.1 Å². The highest BCUT2D eigenvalue weighted by Crippen LogP contribution is 2.30. The van der Waals surface area contributed by atoms with Gasteiger partial charge in [-0.05, 0) is 32.1 Å². The first-order valence-electron chi connectivity index (χ1n) is 8.36. The maximum atomic E-state index is 5.75. The molecule has 0 N–H and O–H groups in total. The molecule has 6 nitrogen and oxygen atoms in total. The molecule has 1 fully saturated rings. The minimum Gasteiger partial charge on any atom is -0.476 e. The van der Waals surface area contributed by atoms with Crippen molar-refractivity contribution in [2.75, 3.05) is 24.6 Å². The standard InChI is InChI=1S/C17H21N5O/c1-2-4-15-14(3-1)17(21-12-20-15)22-8-5-13(10-22)11-23-16-9-18-6-7-19-16/h6-7,9,12-13H,1-5,8,10-11H2. The van der Waals surface area contributed by atoms with Crippen LogP contribution in [0.1, 0.15) is 30.5 Å². The molecule has 2 aliphatic rings. The van der Waals surface area contributed by atoms with Crippen molar-refractivity contribution in [3.63, 3.8) is 0 Å². The van der Waals surface area contributed by atoms with Crippen molar-refractivity contribution in [3.8, 4) is 5.88 Å². The lowest BCUT2D eigenvalue weighted by Gasteiger charge is -2.24. The summed E-state index contributed by atoms with van der Waals surface area (Å²) in [6.45, 7) is 2.71. The SMILES string of the molecule is c1cnc(OCC2CCN(c3ncnc4c3CCCC4)C2)cn1. The van der Waals surface area contributed by atoms with Gasteiger partial charge in [-0.25, -0.2) is 15.0 Å². The molecule has 1 saturated heterocycles. The molecule has 23 heavy (non-hydrogen) atoms. The number of nitrogens with zero attached hydrogens (tertiary/aromatic N) is 5. The lowest BCUT2D eigenvalue weighted by Crippen LogP contribution is -2.25. The molecule has 4 rings (SSSR count). The lowest BCUT2D eigenvalue weighted by molar-refractivity contribution is 0.251. The number of anilines is 1. The van der Waals surface area contributed by atoms with Crippen LogP contribution in [0, 0.1) is 5.92 Å². The number of ether oxygens (including phenoxy) is 1. The quantitative estimate of drug-likeness (QED) is 0.861. The fourth-order valence-corrected chi connectivity index (χ4v) is 3.50. The third-order valence-electron chi connectivity index (χ3n) is 4.69. The topological polar surface area (TPSA) is 64.0 Å². The van der Waals surface area contributed by atoms with E-state index in [4.69, 9.17) is 4.74 Å². The van der Waals surface area contributed by atoms with Gasteiger partial charge in [-0.3, -0.25) is 4.98 Å². The molecule has 0 amide bonds. The van der Waals surface area contributed by atoms with E-state index in [1.54, 1.807) is 24.9 Å². The van der Waals surface area contributed by atoms with Crippen LogP contribution in [0.3, 0.4) is 0 Å². The zero-order valence-corrected chi connectivity index (χ0v) is 13.2. The van der Waals surface area contributed by atoms with E-state index in [-0.39, 0.29) is 0 Å². The number of aryl methyl sites for hydroxylation is 1. The predicted molar refractivity (Wildman–Crippen MR) is 86.5 cm³/mol. The maximum absolute atomic E-state index is 5.75. The Morgan fingerprint density at radius 2 is 2.09 bits per heavy atom. The average molecular weight is 311 g/mol. The van der Waals surface area contributed by atoms with Crippen LogP contribution in [-0.2, 0) is 12.8 Å². The van der Waals surface area contributed by atoms with E-state index in [9.17, 15) is 0 Å². The molecular weight excluding hydrogens is 290 g/mol. The van der Waals surface area contributed by atoms with Crippen LogP contribution in [0.4, 0.5) is 5.82 Å². The first-order chi connectivity index (χ1) is 11.4. The fraction of sp³-hybridized carbons (Fsp3) is 0.529. The zero-order valence-electron chi connectivity index (χ0n) is 13.2. The summed E-state index contributed by atoms with van der Waals surface area (Å²) in [6, 6.07) is 0. The van der Waals surface area contributed by atoms with Gasteiger partial charge in [0.15, 0.2) is 0 Å². The van der Waals surface area contributed by atoms with Crippen molar-refractivity contribution in [1.29, 1.82) is 0 Å². The second-order valence-electron chi connectivity index (χ2n) is 6.29. The molecule has 120 valence electrons. The van der Waals surface area contributed by atoms with E-state index in [1.807, 2.05) is 0 Å². The van der Waals surface area contributed by atoms with Crippen molar-refractivity contribution in [2.45, 2.75) is 32.1 Å². The molecule has 0 aromatic carbocycles. The normalized spacial score (nSPS) is 20.3. The Kier molecular flexibility index (Phi) is 4.05. The van der Waals surface area contributed by atoms with Crippen LogP contribution in [0.25, 0.3) is 0 Å². The molecule has 2 aromatic rings. The third-order valence-corrected chi connectivity index (χ3v) is 4.69. The highest BCUT2D eigenvalue weighted by atomic mass is 16.5. The largest absolute Gasteiger partial charge is 0.476 e. The van der Waals surface area contributed by atoms with Crippen molar-refractivity contribution >= 4 is 5.82 Å². The Bertz CT molecular complexity index is 663. The van der Waals surface area contributed by atoms with E-state index in [2.05, 4.69) is 24.8 Å². The highest BCUT2D eigenvalue weighted by Gasteiger charge is 2.27. The molecule has 0 bridgehead atoms. The van der Waals surface area contributed by atoms with E-state index in [0.717, 1.165) is 38.2 Å². The Morgan fingerprint density at radius 1 is 1.13 bits per heavy atom. The Labute approximate surface area is 136 Å². The van der Waals surface area contributed by atoms with Crippen molar-refractivity contribution < 1.29 is 4.74 Å². The Hall–Kier alpha value is -2.24. The number of rotatable bonds is 4. The molecule has 0 spiro atoms. The summed E-state index contributed by atoms with van der Waals surface area (Å²) in [5, 5.41) is 0. The zero-order chi connectivity index (χ0) is 15.5. The van der Waals surface area contributed by atoms with Gasteiger partial charge in [0.2, 0.25) is 5.88 Å². The van der Waals surface area contributed by atoms with E-state index in [1.165, 1.54) is 24.1 Å². The van der Waals surface area contributed by atoms with Crippen LogP contribution >= 0.6 is 0 Å². The molecular formula is C17H21N5O. The molecule has 3 heterocycles.